The Labute approximate surface area is 144 Å². The highest BCUT2D eigenvalue weighted by molar-refractivity contribution is 5.56. The largest absolute Gasteiger partial charge is 0.379 e. The number of rotatable bonds is 6. The maximum absolute atomic E-state index is 5.41. The number of nitrogens with zero attached hydrogens (tertiary/aromatic N) is 4. The SMILES string of the molecule is CC(c1ccc(-c2nccn2CCN2CCOCC2)cc1)N(C)C. The first-order valence-electron chi connectivity index (χ1n) is 8.73. The molecule has 2 aromatic rings. The molecule has 3 rings (SSSR count). The van der Waals surface area contributed by atoms with Gasteiger partial charge in [0, 0.05) is 50.2 Å². The van der Waals surface area contributed by atoms with Crippen LogP contribution in [0.2, 0.25) is 0 Å². The minimum atomic E-state index is 0.417. The van der Waals surface area contributed by atoms with Gasteiger partial charge in [-0.05, 0) is 26.6 Å². The van der Waals surface area contributed by atoms with Crippen molar-refractivity contribution in [1.82, 2.24) is 19.4 Å². The third-order valence-electron chi connectivity index (χ3n) is 4.90. The first kappa shape index (κ1) is 17.1. The average Bonchev–Trinajstić information content (AvgIpc) is 3.09. The summed E-state index contributed by atoms with van der Waals surface area (Å²) in [5.74, 6) is 1.05. The van der Waals surface area contributed by atoms with Crippen LogP contribution in [0.15, 0.2) is 36.7 Å². The summed E-state index contributed by atoms with van der Waals surface area (Å²) in [5, 5.41) is 0. The predicted molar refractivity (Wildman–Crippen MR) is 97.0 cm³/mol. The van der Waals surface area contributed by atoms with E-state index in [2.05, 4.69) is 70.8 Å². The van der Waals surface area contributed by atoms with Gasteiger partial charge in [0.05, 0.1) is 13.2 Å². The normalized spacial score (nSPS) is 17.3. The Hall–Kier alpha value is -1.69. The van der Waals surface area contributed by atoms with Gasteiger partial charge in [-0.1, -0.05) is 24.3 Å². The zero-order valence-corrected chi connectivity index (χ0v) is 15.0. The number of hydrogen-bond acceptors (Lipinski definition) is 4. The number of aromatic nitrogens is 2. The quantitative estimate of drug-likeness (QED) is 0.816. The molecule has 1 saturated heterocycles. The van der Waals surface area contributed by atoms with Crippen molar-refractivity contribution in [3.05, 3.63) is 42.2 Å². The van der Waals surface area contributed by atoms with Crippen molar-refractivity contribution in [2.24, 2.45) is 0 Å². The molecule has 5 heteroatoms. The molecular weight excluding hydrogens is 300 g/mol. The van der Waals surface area contributed by atoms with E-state index in [1.165, 1.54) is 11.1 Å². The van der Waals surface area contributed by atoms with Crippen LogP contribution in [0.5, 0.6) is 0 Å². The summed E-state index contributed by atoms with van der Waals surface area (Å²) in [6.45, 7) is 7.98. The topological polar surface area (TPSA) is 33.5 Å². The van der Waals surface area contributed by atoms with E-state index in [9.17, 15) is 0 Å². The van der Waals surface area contributed by atoms with Crippen LogP contribution in [0, 0.1) is 0 Å². The fraction of sp³-hybridized carbons (Fsp3) is 0.526. The van der Waals surface area contributed by atoms with Crippen molar-refractivity contribution in [3.8, 4) is 11.4 Å². The van der Waals surface area contributed by atoms with E-state index in [-0.39, 0.29) is 0 Å². The predicted octanol–water partition coefficient (Wildman–Crippen LogP) is 2.50. The lowest BCUT2D eigenvalue weighted by Gasteiger charge is -2.26. The number of hydrogen-bond donors (Lipinski definition) is 0. The molecule has 1 atom stereocenters. The van der Waals surface area contributed by atoms with E-state index in [1.54, 1.807) is 0 Å². The maximum Gasteiger partial charge on any atom is 0.139 e. The van der Waals surface area contributed by atoms with Crippen molar-refractivity contribution in [3.63, 3.8) is 0 Å². The molecule has 2 heterocycles. The molecule has 0 spiro atoms. The minimum Gasteiger partial charge on any atom is -0.379 e. The van der Waals surface area contributed by atoms with E-state index >= 15 is 0 Å². The lowest BCUT2D eigenvalue weighted by atomic mass is 10.1. The van der Waals surface area contributed by atoms with Crippen LogP contribution in [0.1, 0.15) is 18.5 Å². The molecule has 1 aliphatic rings. The minimum absolute atomic E-state index is 0.417. The number of ether oxygens (including phenoxy) is 1. The molecule has 0 saturated carbocycles. The second kappa shape index (κ2) is 7.92. The maximum atomic E-state index is 5.41. The third kappa shape index (κ3) is 4.04. The molecule has 0 amide bonds. The average molecular weight is 328 g/mol. The van der Waals surface area contributed by atoms with Gasteiger partial charge in [-0.25, -0.2) is 4.98 Å². The second-order valence-electron chi connectivity index (χ2n) is 6.66. The van der Waals surface area contributed by atoms with Gasteiger partial charge in [-0.3, -0.25) is 4.90 Å². The van der Waals surface area contributed by atoms with Crippen LogP contribution in [-0.4, -0.2) is 66.3 Å². The van der Waals surface area contributed by atoms with Gasteiger partial charge >= 0.3 is 0 Å². The van der Waals surface area contributed by atoms with E-state index in [1.807, 2.05) is 6.20 Å². The molecule has 1 fully saturated rings. The highest BCUT2D eigenvalue weighted by Crippen LogP contribution is 2.22. The highest BCUT2D eigenvalue weighted by atomic mass is 16.5. The van der Waals surface area contributed by atoms with E-state index in [4.69, 9.17) is 4.74 Å². The Kier molecular flexibility index (Phi) is 5.66. The van der Waals surface area contributed by atoms with Gasteiger partial charge in [-0.15, -0.1) is 0 Å². The Balaban J connectivity index is 1.67. The molecule has 1 aromatic heterocycles. The molecule has 1 aromatic carbocycles. The Morgan fingerprint density at radius 2 is 1.83 bits per heavy atom. The van der Waals surface area contributed by atoms with Crippen molar-refractivity contribution in [2.75, 3.05) is 46.9 Å². The zero-order valence-electron chi connectivity index (χ0n) is 15.0. The van der Waals surface area contributed by atoms with Crippen LogP contribution >= 0.6 is 0 Å². The standard InChI is InChI=1S/C19H28N4O/c1-16(21(2)3)17-4-6-18(7-5-17)19-20-8-9-23(19)11-10-22-12-14-24-15-13-22/h4-9,16H,10-15H2,1-3H3. The number of morpholine rings is 1. The van der Waals surface area contributed by atoms with Crippen molar-refractivity contribution in [1.29, 1.82) is 0 Å². The summed E-state index contributed by atoms with van der Waals surface area (Å²) in [5.41, 5.74) is 2.51. The van der Waals surface area contributed by atoms with Crippen LogP contribution < -0.4 is 0 Å². The summed E-state index contributed by atoms with van der Waals surface area (Å²) in [6.07, 6.45) is 3.97. The molecule has 5 nitrogen and oxygen atoms in total. The molecule has 1 unspecified atom stereocenters. The summed E-state index contributed by atoms with van der Waals surface area (Å²) in [4.78, 5) is 9.24. The molecule has 0 aliphatic carbocycles. The van der Waals surface area contributed by atoms with Crippen molar-refractivity contribution in [2.45, 2.75) is 19.5 Å². The molecule has 1 aliphatic heterocycles. The molecule has 0 radical (unpaired) electrons. The Morgan fingerprint density at radius 1 is 1.12 bits per heavy atom. The summed E-state index contributed by atoms with van der Waals surface area (Å²) in [7, 11) is 4.22. The second-order valence-corrected chi connectivity index (χ2v) is 6.66. The first-order chi connectivity index (χ1) is 11.6. The summed E-state index contributed by atoms with van der Waals surface area (Å²) < 4.78 is 7.66. The molecule has 130 valence electrons. The van der Waals surface area contributed by atoms with Crippen LogP contribution in [-0.2, 0) is 11.3 Å². The van der Waals surface area contributed by atoms with E-state index in [0.29, 0.717) is 6.04 Å². The Morgan fingerprint density at radius 3 is 2.50 bits per heavy atom. The van der Waals surface area contributed by atoms with Crippen molar-refractivity contribution >= 4 is 0 Å². The van der Waals surface area contributed by atoms with Gasteiger partial charge in [0.1, 0.15) is 5.82 Å². The lowest BCUT2D eigenvalue weighted by molar-refractivity contribution is 0.0364. The monoisotopic (exact) mass is 328 g/mol. The molecular formula is C19H28N4O. The summed E-state index contributed by atoms with van der Waals surface area (Å²) >= 11 is 0. The molecule has 24 heavy (non-hydrogen) atoms. The lowest BCUT2D eigenvalue weighted by Crippen LogP contribution is -2.38. The number of benzene rings is 1. The fourth-order valence-corrected chi connectivity index (χ4v) is 3.03. The third-order valence-corrected chi connectivity index (χ3v) is 4.90. The molecule has 0 bridgehead atoms. The Bertz CT molecular complexity index is 629. The first-order valence-corrected chi connectivity index (χ1v) is 8.73. The smallest absolute Gasteiger partial charge is 0.139 e. The van der Waals surface area contributed by atoms with Crippen LogP contribution in [0.3, 0.4) is 0 Å². The zero-order chi connectivity index (χ0) is 16.9. The van der Waals surface area contributed by atoms with Gasteiger partial charge < -0.3 is 14.2 Å². The van der Waals surface area contributed by atoms with Gasteiger partial charge in [0.25, 0.3) is 0 Å². The summed E-state index contributed by atoms with van der Waals surface area (Å²) in [6, 6.07) is 9.20. The molecule has 0 N–H and O–H groups in total. The van der Waals surface area contributed by atoms with Crippen LogP contribution in [0.25, 0.3) is 11.4 Å². The van der Waals surface area contributed by atoms with Gasteiger partial charge in [-0.2, -0.15) is 0 Å². The van der Waals surface area contributed by atoms with Crippen LogP contribution in [0.4, 0.5) is 0 Å². The number of imidazole rings is 1. The van der Waals surface area contributed by atoms with Gasteiger partial charge in [0.15, 0.2) is 0 Å². The fourth-order valence-electron chi connectivity index (χ4n) is 3.03. The highest BCUT2D eigenvalue weighted by Gasteiger charge is 2.13. The van der Waals surface area contributed by atoms with E-state index in [0.717, 1.165) is 45.2 Å². The van der Waals surface area contributed by atoms with Gasteiger partial charge in [0.2, 0.25) is 0 Å². The van der Waals surface area contributed by atoms with Crippen molar-refractivity contribution < 1.29 is 4.74 Å². The van der Waals surface area contributed by atoms with E-state index < -0.39 is 0 Å².